The van der Waals surface area contributed by atoms with Gasteiger partial charge in [-0.15, -0.1) is 0 Å². The highest BCUT2D eigenvalue weighted by molar-refractivity contribution is 5.79. The molecule has 0 saturated carbocycles. The summed E-state index contributed by atoms with van der Waals surface area (Å²) >= 11 is 0. The van der Waals surface area contributed by atoms with Crippen molar-refractivity contribution < 1.29 is 9.18 Å². The third-order valence-corrected chi connectivity index (χ3v) is 5.27. The maximum Gasteiger partial charge on any atom is 0.225 e. The second-order valence-electron chi connectivity index (χ2n) is 7.24. The van der Waals surface area contributed by atoms with Crippen molar-refractivity contribution in [1.82, 2.24) is 15.3 Å². The van der Waals surface area contributed by atoms with Crippen molar-refractivity contribution in [2.75, 3.05) is 18.0 Å². The summed E-state index contributed by atoms with van der Waals surface area (Å²) < 4.78 is 13.0. The number of rotatable bonds is 5. The molecule has 0 spiro atoms. The number of nitrogens with one attached hydrogen (secondary N) is 1. The summed E-state index contributed by atoms with van der Waals surface area (Å²) in [6, 6.07) is 16.2. The standard InChI is InChI=1S/C23H23FN4O/c24-21-8-6-17(7-9-21)14-25-22(29)19-10-12-28(13-11-19)23-26-15-20(16-27-23)18-4-2-1-3-5-18/h1-9,15-16,19H,10-14H2,(H,25,29). The molecule has 3 aromatic rings. The SMILES string of the molecule is O=C(NCc1ccc(F)cc1)C1CCN(c2ncc(-c3ccccc3)cn2)CC1. The number of halogens is 1. The van der Waals surface area contributed by atoms with E-state index in [2.05, 4.69) is 20.2 Å². The van der Waals surface area contributed by atoms with Crippen LogP contribution in [0.5, 0.6) is 0 Å². The Morgan fingerprint density at radius 1 is 0.966 bits per heavy atom. The molecule has 0 radical (unpaired) electrons. The minimum atomic E-state index is -0.272. The Morgan fingerprint density at radius 3 is 2.28 bits per heavy atom. The van der Waals surface area contributed by atoms with E-state index < -0.39 is 0 Å². The molecule has 1 saturated heterocycles. The monoisotopic (exact) mass is 390 g/mol. The van der Waals surface area contributed by atoms with Crippen molar-refractivity contribution in [2.45, 2.75) is 19.4 Å². The van der Waals surface area contributed by atoms with Crippen molar-refractivity contribution in [2.24, 2.45) is 5.92 Å². The number of piperidine rings is 1. The molecule has 5 nitrogen and oxygen atoms in total. The molecule has 4 rings (SSSR count). The molecule has 1 amide bonds. The smallest absolute Gasteiger partial charge is 0.225 e. The molecule has 0 unspecified atom stereocenters. The molecular weight excluding hydrogens is 367 g/mol. The van der Waals surface area contributed by atoms with Gasteiger partial charge in [0.25, 0.3) is 0 Å². The zero-order chi connectivity index (χ0) is 20.1. The Hall–Kier alpha value is -3.28. The fourth-order valence-electron chi connectivity index (χ4n) is 3.54. The van der Waals surface area contributed by atoms with E-state index >= 15 is 0 Å². The van der Waals surface area contributed by atoms with Crippen LogP contribution >= 0.6 is 0 Å². The largest absolute Gasteiger partial charge is 0.352 e. The van der Waals surface area contributed by atoms with Crippen LogP contribution in [0.1, 0.15) is 18.4 Å². The normalized spacial score (nSPS) is 14.6. The first-order valence-electron chi connectivity index (χ1n) is 9.83. The number of carbonyl (C=O) groups is 1. The third kappa shape index (κ3) is 4.77. The van der Waals surface area contributed by atoms with Gasteiger partial charge in [-0.2, -0.15) is 0 Å². The first kappa shape index (κ1) is 19.1. The van der Waals surface area contributed by atoms with Crippen molar-refractivity contribution in [1.29, 1.82) is 0 Å². The van der Waals surface area contributed by atoms with Gasteiger partial charge in [-0.1, -0.05) is 42.5 Å². The summed E-state index contributed by atoms with van der Waals surface area (Å²) in [4.78, 5) is 23.6. The lowest BCUT2D eigenvalue weighted by molar-refractivity contribution is -0.125. The van der Waals surface area contributed by atoms with E-state index in [0.717, 1.165) is 42.6 Å². The van der Waals surface area contributed by atoms with E-state index in [1.807, 2.05) is 42.7 Å². The van der Waals surface area contributed by atoms with Crippen LogP contribution in [0.4, 0.5) is 10.3 Å². The predicted molar refractivity (Wildman–Crippen MR) is 111 cm³/mol. The van der Waals surface area contributed by atoms with E-state index in [4.69, 9.17) is 0 Å². The van der Waals surface area contributed by atoms with Crippen LogP contribution in [0.3, 0.4) is 0 Å². The zero-order valence-electron chi connectivity index (χ0n) is 16.1. The van der Waals surface area contributed by atoms with Gasteiger partial charge in [0.2, 0.25) is 11.9 Å². The second-order valence-corrected chi connectivity index (χ2v) is 7.24. The van der Waals surface area contributed by atoms with Crippen molar-refractivity contribution in [3.05, 3.63) is 78.4 Å². The van der Waals surface area contributed by atoms with Crippen molar-refractivity contribution >= 4 is 11.9 Å². The quantitative estimate of drug-likeness (QED) is 0.720. The predicted octanol–water partition coefficient (Wildman–Crippen LogP) is 3.82. The Balaban J connectivity index is 1.28. The molecule has 2 aromatic carbocycles. The van der Waals surface area contributed by atoms with Crippen molar-refractivity contribution in [3.63, 3.8) is 0 Å². The fourth-order valence-corrected chi connectivity index (χ4v) is 3.54. The van der Waals surface area contributed by atoms with Gasteiger partial charge in [0.05, 0.1) is 0 Å². The maximum absolute atomic E-state index is 13.0. The Kier molecular flexibility index (Phi) is 5.79. The van der Waals surface area contributed by atoms with E-state index in [-0.39, 0.29) is 17.6 Å². The van der Waals surface area contributed by atoms with Gasteiger partial charge >= 0.3 is 0 Å². The Bertz CT molecular complexity index is 937. The number of hydrogen-bond acceptors (Lipinski definition) is 4. The molecule has 6 heteroatoms. The van der Waals surface area contributed by atoms with Gasteiger partial charge in [-0.05, 0) is 36.1 Å². The molecular formula is C23H23FN4O. The van der Waals surface area contributed by atoms with E-state index in [0.29, 0.717) is 12.5 Å². The first-order valence-corrected chi connectivity index (χ1v) is 9.83. The lowest BCUT2D eigenvalue weighted by atomic mass is 9.96. The molecule has 1 aliphatic rings. The van der Waals surface area contributed by atoms with Gasteiger partial charge in [0.1, 0.15) is 5.82 Å². The number of anilines is 1. The van der Waals surface area contributed by atoms with Crippen LogP contribution in [0.2, 0.25) is 0 Å². The van der Waals surface area contributed by atoms with Crippen LogP contribution in [0.15, 0.2) is 67.0 Å². The highest BCUT2D eigenvalue weighted by Gasteiger charge is 2.26. The lowest BCUT2D eigenvalue weighted by Gasteiger charge is -2.31. The van der Waals surface area contributed by atoms with E-state index in [1.165, 1.54) is 12.1 Å². The Morgan fingerprint density at radius 2 is 1.62 bits per heavy atom. The molecule has 0 aliphatic carbocycles. The molecule has 148 valence electrons. The fraction of sp³-hybridized carbons (Fsp3) is 0.261. The first-order chi connectivity index (χ1) is 14.2. The Labute approximate surface area is 169 Å². The maximum atomic E-state index is 13.0. The summed E-state index contributed by atoms with van der Waals surface area (Å²) in [6.07, 6.45) is 5.22. The summed E-state index contributed by atoms with van der Waals surface area (Å²) in [5, 5.41) is 2.96. The minimum absolute atomic E-state index is 0.0182. The number of nitrogens with zero attached hydrogens (tertiary/aromatic N) is 3. The summed E-state index contributed by atoms with van der Waals surface area (Å²) in [5.41, 5.74) is 2.98. The van der Waals surface area contributed by atoms with Gasteiger partial charge < -0.3 is 10.2 Å². The average molecular weight is 390 g/mol. The minimum Gasteiger partial charge on any atom is -0.352 e. The molecule has 1 fully saturated rings. The molecule has 1 aromatic heterocycles. The molecule has 0 atom stereocenters. The van der Waals surface area contributed by atoms with E-state index in [1.54, 1.807) is 12.1 Å². The van der Waals surface area contributed by atoms with Crippen LogP contribution in [0, 0.1) is 11.7 Å². The number of aromatic nitrogens is 2. The highest BCUT2D eigenvalue weighted by atomic mass is 19.1. The van der Waals surface area contributed by atoms with Gasteiger partial charge in [0, 0.05) is 43.5 Å². The number of carbonyl (C=O) groups excluding carboxylic acids is 1. The zero-order valence-corrected chi connectivity index (χ0v) is 16.1. The second kappa shape index (κ2) is 8.82. The topological polar surface area (TPSA) is 58.1 Å². The number of hydrogen-bond donors (Lipinski definition) is 1. The van der Waals surface area contributed by atoms with Crippen LogP contribution in [-0.2, 0) is 11.3 Å². The van der Waals surface area contributed by atoms with Crippen molar-refractivity contribution in [3.8, 4) is 11.1 Å². The number of amides is 1. The average Bonchev–Trinajstić information content (AvgIpc) is 2.79. The third-order valence-electron chi connectivity index (χ3n) is 5.27. The summed E-state index contributed by atoms with van der Waals surface area (Å²) in [5.74, 6) is 0.464. The molecule has 1 N–H and O–H groups in total. The summed E-state index contributed by atoms with van der Waals surface area (Å²) in [6.45, 7) is 1.92. The van der Waals surface area contributed by atoms with Crippen LogP contribution in [-0.4, -0.2) is 29.0 Å². The van der Waals surface area contributed by atoms with E-state index in [9.17, 15) is 9.18 Å². The molecule has 2 heterocycles. The number of benzene rings is 2. The van der Waals surface area contributed by atoms with Gasteiger partial charge in [0.15, 0.2) is 0 Å². The molecule has 0 bridgehead atoms. The van der Waals surface area contributed by atoms with Crippen LogP contribution < -0.4 is 10.2 Å². The molecule has 29 heavy (non-hydrogen) atoms. The molecule has 1 aliphatic heterocycles. The highest BCUT2D eigenvalue weighted by Crippen LogP contribution is 2.23. The van der Waals surface area contributed by atoms with Gasteiger partial charge in [-0.25, -0.2) is 14.4 Å². The lowest BCUT2D eigenvalue weighted by Crippen LogP contribution is -2.41. The van der Waals surface area contributed by atoms with Crippen LogP contribution in [0.25, 0.3) is 11.1 Å². The summed E-state index contributed by atoms with van der Waals surface area (Å²) in [7, 11) is 0. The van der Waals surface area contributed by atoms with Gasteiger partial charge in [-0.3, -0.25) is 4.79 Å².